The Balaban J connectivity index is 2.05. The summed E-state index contributed by atoms with van der Waals surface area (Å²) < 4.78 is 0. The largest absolute Gasteiger partial charge is 0.481 e. The van der Waals surface area contributed by atoms with Gasteiger partial charge in [0.05, 0.1) is 5.41 Å². The Kier molecular flexibility index (Phi) is 3.64. The third-order valence-corrected chi connectivity index (χ3v) is 4.70. The zero-order valence-corrected chi connectivity index (χ0v) is 11.3. The molecule has 0 radical (unpaired) electrons. The first-order chi connectivity index (χ1) is 8.44. The number of carboxylic acid groups (broad SMARTS) is 1. The summed E-state index contributed by atoms with van der Waals surface area (Å²) in [7, 11) is 0. The molecule has 0 aromatic carbocycles. The van der Waals surface area contributed by atoms with Crippen LogP contribution in [0, 0.1) is 17.3 Å². The van der Waals surface area contributed by atoms with Crippen LogP contribution in [0.3, 0.4) is 0 Å². The van der Waals surface area contributed by atoms with Crippen LogP contribution in [0.2, 0.25) is 0 Å². The minimum Gasteiger partial charge on any atom is -0.481 e. The quantitative estimate of drug-likeness (QED) is 0.820. The number of hydrogen-bond donors (Lipinski definition) is 1. The summed E-state index contributed by atoms with van der Waals surface area (Å²) >= 11 is 0. The fraction of sp³-hybridized carbons (Fsp3) is 0.857. The number of piperidine rings is 1. The van der Waals surface area contributed by atoms with Crippen LogP contribution < -0.4 is 0 Å². The maximum Gasteiger partial charge on any atom is 0.311 e. The van der Waals surface area contributed by atoms with Crippen LogP contribution in [0.15, 0.2) is 0 Å². The van der Waals surface area contributed by atoms with E-state index >= 15 is 0 Å². The summed E-state index contributed by atoms with van der Waals surface area (Å²) in [5.74, 6) is -0.0108. The van der Waals surface area contributed by atoms with Gasteiger partial charge < -0.3 is 10.0 Å². The van der Waals surface area contributed by atoms with Gasteiger partial charge in [0, 0.05) is 19.0 Å². The minimum atomic E-state index is -0.778. The molecule has 1 saturated carbocycles. The van der Waals surface area contributed by atoms with Gasteiger partial charge in [-0.3, -0.25) is 9.59 Å². The van der Waals surface area contributed by atoms with E-state index < -0.39 is 11.4 Å². The molecule has 1 aliphatic carbocycles. The summed E-state index contributed by atoms with van der Waals surface area (Å²) in [6.07, 6.45) is 4.70. The van der Waals surface area contributed by atoms with Gasteiger partial charge in [-0.05, 0) is 38.5 Å². The van der Waals surface area contributed by atoms with Crippen LogP contribution in [0.1, 0.15) is 46.0 Å². The Morgan fingerprint density at radius 1 is 1.28 bits per heavy atom. The number of carboxylic acids is 1. The van der Waals surface area contributed by atoms with Crippen molar-refractivity contribution in [2.24, 2.45) is 17.3 Å². The van der Waals surface area contributed by atoms with Crippen molar-refractivity contribution < 1.29 is 14.7 Å². The Morgan fingerprint density at radius 2 is 2.00 bits per heavy atom. The van der Waals surface area contributed by atoms with Gasteiger partial charge in [-0.1, -0.05) is 13.3 Å². The molecular weight excluding hydrogens is 230 g/mol. The van der Waals surface area contributed by atoms with Crippen LogP contribution in [-0.4, -0.2) is 35.0 Å². The highest BCUT2D eigenvalue weighted by molar-refractivity contribution is 5.81. The Labute approximate surface area is 108 Å². The van der Waals surface area contributed by atoms with E-state index in [1.807, 2.05) is 0 Å². The lowest BCUT2D eigenvalue weighted by atomic mass is 9.81. The summed E-state index contributed by atoms with van der Waals surface area (Å²) in [6, 6.07) is 0. The smallest absolute Gasteiger partial charge is 0.311 e. The summed E-state index contributed by atoms with van der Waals surface area (Å²) in [4.78, 5) is 25.5. The molecule has 3 atom stereocenters. The number of amides is 1. The highest BCUT2D eigenvalue weighted by atomic mass is 16.4. The molecule has 4 nitrogen and oxygen atoms in total. The SMILES string of the molecule is CC1CCCC1C(=O)N1CCCC(C)(C(=O)O)C1. The maximum absolute atomic E-state index is 12.5. The normalized spacial score (nSPS) is 36.7. The topological polar surface area (TPSA) is 57.6 Å². The van der Waals surface area contributed by atoms with Crippen molar-refractivity contribution in [3.05, 3.63) is 0 Å². The van der Waals surface area contributed by atoms with Gasteiger partial charge in [0.25, 0.3) is 0 Å². The number of rotatable bonds is 2. The fourth-order valence-electron chi connectivity index (χ4n) is 3.35. The standard InChI is InChI=1S/C14H23NO3/c1-10-5-3-6-11(10)12(16)15-8-4-7-14(2,9-15)13(17)18/h10-11H,3-9H2,1-2H3,(H,17,18). The minimum absolute atomic E-state index is 0.126. The van der Waals surface area contributed by atoms with Crippen molar-refractivity contribution in [1.82, 2.24) is 4.90 Å². The monoisotopic (exact) mass is 253 g/mol. The molecule has 18 heavy (non-hydrogen) atoms. The first kappa shape index (κ1) is 13.4. The number of carbonyl (C=O) groups excluding carboxylic acids is 1. The molecule has 102 valence electrons. The molecule has 4 heteroatoms. The van der Waals surface area contributed by atoms with Crippen molar-refractivity contribution >= 4 is 11.9 Å². The molecule has 1 aliphatic heterocycles. The third-order valence-electron chi connectivity index (χ3n) is 4.70. The molecule has 0 bridgehead atoms. The van der Waals surface area contributed by atoms with Crippen molar-refractivity contribution in [3.63, 3.8) is 0 Å². The molecule has 1 saturated heterocycles. The zero-order chi connectivity index (χ0) is 13.3. The van der Waals surface area contributed by atoms with E-state index in [-0.39, 0.29) is 11.8 Å². The van der Waals surface area contributed by atoms with E-state index in [2.05, 4.69) is 6.92 Å². The maximum atomic E-state index is 12.5. The van der Waals surface area contributed by atoms with E-state index in [0.717, 1.165) is 32.2 Å². The lowest BCUT2D eigenvalue weighted by molar-refractivity contribution is -0.154. The highest BCUT2D eigenvalue weighted by Crippen LogP contribution is 2.36. The molecule has 1 N–H and O–H groups in total. The zero-order valence-electron chi connectivity index (χ0n) is 11.3. The van der Waals surface area contributed by atoms with Crippen LogP contribution in [-0.2, 0) is 9.59 Å². The van der Waals surface area contributed by atoms with Gasteiger partial charge in [0.15, 0.2) is 0 Å². The van der Waals surface area contributed by atoms with Gasteiger partial charge >= 0.3 is 5.97 Å². The second-order valence-corrected chi connectivity index (χ2v) is 6.24. The van der Waals surface area contributed by atoms with Crippen LogP contribution in [0.5, 0.6) is 0 Å². The molecule has 0 spiro atoms. The number of aliphatic carboxylic acids is 1. The second kappa shape index (κ2) is 4.90. The second-order valence-electron chi connectivity index (χ2n) is 6.24. The fourth-order valence-corrected chi connectivity index (χ4v) is 3.35. The van der Waals surface area contributed by atoms with Crippen LogP contribution in [0.4, 0.5) is 0 Å². The van der Waals surface area contributed by atoms with Crippen molar-refractivity contribution in [2.45, 2.75) is 46.0 Å². The third kappa shape index (κ3) is 2.38. The Bertz CT molecular complexity index is 355. The van der Waals surface area contributed by atoms with Gasteiger partial charge in [-0.25, -0.2) is 0 Å². The highest BCUT2D eigenvalue weighted by Gasteiger charge is 2.42. The number of nitrogens with zero attached hydrogens (tertiary/aromatic N) is 1. The first-order valence-electron chi connectivity index (χ1n) is 6.96. The van der Waals surface area contributed by atoms with Gasteiger partial charge in [0.2, 0.25) is 5.91 Å². The molecule has 2 fully saturated rings. The number of likely N-dealkylation sites (tertiary alicyclic amines) is 1. The summed E-state index contributed by atoms with van der Waals surface area (Å²) in [6.45, 7) is 5.00. The Hall–Kier alpha value is -1.06. The molecular formula is C14H23NO3. The van der Waals surface area contributed by atoms with E-state index in [1.165, 1.54) is 0 Å². The molecule has 1 heterocycles. The average molecular weight is 253 g/mol. The molecule has 1 amide bonds. The van der Waals surface area contributed by atoms with E-state index in [0.29, 0.717) is 18.9 Å². The Morgan fingerprint density at radius 3 is 2.56 bits per heavy atom. The lowest BCUT2D eigenvalue weighted by Crippen LogP contribution is -2.50. The van der Waals surface area contributed by atoms with Crippen molar-refractivity contribution in [3.8, 4) is 0 Å². The van der Waals surface area contributed by atoms with E-state index in [4.69, 9.17) is 0 Å². The van der Waals surface area contributed by atoms with Crippen LogP contribution in [0.25, 0.3) is 0 Å². The number of hydrogen-bond acceptors (Lipinski definition) is 2. The molecule has 3 unspecified atom stereocenters. The van der Waals surface area contributed by atoms with Crippen LogP contribution >= 0.6 is 0 Å². The molecule has 2 rings (SSSR count). The van der Waals surface area contributed by atoms with E-state index in [9.17, 15) is 14.7 Å². The lowest BCUT2D eigenvalue weighted by Gasteiger charge is -2.39. The predicted molar refractivity (Wildman–Crippen MR) is 68.1 cm³/mol. The van der Waals surface area contributed by atoms with Crippen molar-refractivity contribution in [1.29, 1.82) is 0 Å². The van der Waals surface area contributed by atoms with Gasteiger partial charge in [0.1, 0.15) is 0 Å². The summed E-state index contributed by atoms with van der Waals surface area (Å²) in [5, 5.41) is 9.28. The van der Waals surface area contributed by atoms with Crippen molar-refractivity contribution in [2.75, 3.05) is 13.1 Å². The number of carbonyl (C=O) groups is 2. The first-order valence-corrected chi connectivity index (χ1v) is 6.96. The summed E-state index contributed by atoms with van der Waals surface area (Å²) in [5.41, 5.74) is -0.754. The molecule has 0 aromatic heterocycles. The predicted octanol–water partition coefficient (Wildman–Crippen LogP) is 2.14. The molecule has 2 aliphatic rings. The van der Waals surface area contributed by atoms with E-state index in [1.54, 1.807) is 11.8 Å². The van der Waals surface area contributed by atoms with Gasteiger partial charge in [-0.15, -0.1) is 0 Å². The van der Waals surface area contributed by atoms with Gasteiger partial charge in [-0.2, -0.15) is 0 Å². The average Bonchev–Trinajstić information content (AvgIpc) is 2.74. The molecule has 0 aromatic rings.